The Morgan fingerprint density at radius 3 is 1.05 bits per heavy atom. The van der Waals surface area contributed by atoms with Gasteiger partial charge in [-0.3, -0.25) is 18.6 Å². The van der Waals surface area contributed by atoms with Crippen LogP contribution in [0.3, 0.4) is 0 Å². The Labute approximate surface area is 382 Å². The first-order valence-electron chi connectivity index (χ1n) is 25.8. The molecule has 8 atom stereocenters. The van der Waals surface area contributed by atoms with Crippen LogP contribution in [0.15, 0.2) is 0 Å². The molecule has 0 spiro atoms. The van der Waals surface area contributed by atoms with Crippen molar-refractivity contribution in [2.75, 3.05) is 13.2 Å². The van der Waals surface area contributed by atoms with Crippen molar-refractivity contribution in [3.05, 3.63) is 0 Å². The minimum Gasteiger partial charge on any atom is -0.462 e. The Hall–Kier alpha value is -1.15. The average Bonchev–Trinajstić information content (AvgIpc) is 3.26. The molecule has 0 aromatic heterocycles. The second-order valence-corrected chi connectivity index (χ2v) is 19.8. The Kier molecular flexibility index (Phi) is 38.0. The normalized spacial score (nSPS) is 21.6. The maximum atomic E-state index is 12.8. The van der Waals surface area contributed by atoms with Crippen LogP contribution in [-0.4, -0.2) is 98.3 Å². The zero-order valence-electron chi connectivity index (χ0n) is 39.9. The van der Waals surface area contributed by atoms with Gasteiger partial charge < -0.3 is 39.9 Å². The van der Waals surface area contributed by atoms with Gasteiger partial charge in [-0.15, -0.1) is 0 Å². The summed E-state index contributed by atoms with van der Waals surface area (Å²) in [5.74, 6) is -1.08. The van der Waals surface area contributed by atoms with Crippen LogP contribution in [0.25, 0.3) is 0 Å². The van der Waals surface area contributed by atoms with Crippen molar-refractivity contribution in [2.45, 2.75) is 288 Å². The molecule has 0 aromatic rings. The van der Waals surface area contributed by atoms with Gasteiger partial charge in [-0.2, -0.15) is 0 Å². The number of ether oxygens (including phenoxy) is 2. The lowest BCUT2D eigenvalue weighted by molar-refractivity contribution is -0.220. The number of unbranched alkanes of at least 4 members (excludes halogenated alkanes) is 32. The monoisotopic (exact) mass is 923 g/mol. The van der Waals surface area contributed by atoms with Crippen molar-refractivity contribution in [1.29, 1.82) is 0 Å². The van der Waals surface area contributed by atoms with E-state index < -0.39 is 75.7 Å². The highest BCUT2D eigenvalue weighted by atomic mass is 31.2. The Morgan fingerprint density at radius 1 is 0.429 bits per heavy atom. The number of rotatable bonds is 44. The van der Waals surface area contributed by atoms with Gasteiger partial charge in [0.2, 0.25) is 0 Å². The second-order valence-electron chi connectivity index (χ2n) is 18.4. The summed E-state index contributed by atoms with van der Waals surface area (Å²) in [4.78, 5) is 35.8. The van der Waals surface area contributed by atoms with Crippen molar-refractivity contribution in [3.8, 4) is 0 Å². The molecular formula is C49H95O13P. The van der Waals surface area contributed by atoms with Gasteiger partial charge in [-0.1, -0.05) is 219 Å². The molecule has 13 nitrogen and oxygen atoms in total. The molecular weight excluding hydrogens is 827 g/mol. The number of phosphoric ester groups is 1. The number of carbonyl (C=O) groups excluding carboxylic acids is 2. The minimum absolute atomic E-state index is 0.105. The van der Waals surface area contributed by atoms with Gasteiger partial charge >= 0.3 is 19.8 Å². The number of hydrogen-bond donors (Lipinski definition) is 6. The summed E-state index contributed by atoms with van der Waals surface area (Å²) < 4.78 is 33.6. The molecule has 0 heterocycles. The van der Waals surface area contributed by atoms with Gasteiger partial charge in [0.25, 0.3) is 0 Å². The fraction of sp³-hybridized carbons (Fsp3) is 0.959. The minimum atomic E-state index is -5.11. The van der Waals surface area contributed by atoms with E-state index in [1.165, 1.54) is 167 Å². The molecule has 1 rings (SSSR count). The molecule has 1 aliphatic carbocycles. The predicted octanol–water partition coefficient (Wildman–Crippen LogP) is 10.8. The van der Waals surface area contributed by atoms with E-state index in [0.717, 1.165) is 38.5 Å². The molecule has 6 N–H and O–H groups in total. The number of carbonyl (C=O) groups is 2. The molecule has 0 aromatic carbocycles. The Bertz CT molecular complexity index is 1110. The van der Waals surface area contributed by atoms with Crippen LogP contribution in [0.5, 0.6) is 0 Å². The van der Waals surface area contributed by atoms with E-state index in [-0.39, 0.29) is 12.8 Å². The van der Waals surface area contributed by atoms with Crippen LogP contribution in [0.2, 0.25) is 0 Å². The van der Waals surface area contributed by atoms with Crippen LogP contribution in [0, 0.1) is 0 Å². The maximum Gasteiger partial charge on any atom is 0.472 e. The fourth-order valence-corrected chi connectivity index (χ4v) is 9.26. The number of esters is 2. The van der Waals surface area contributed by atoms with Crippen molar-refractivity contribution < 1.29 is 63.1 Å². The summed E-state index contributed by atoms with van der Waals surface area (Å²) in [5.41, 5.74) is 0. The number of phosphoric acid groups is 1. The molecule has 374 valence electrons. The third-order valence-corrected chi connectivity index (χ3v) is 13.4. The number of aliphatic hydroxyl groups excluding tert-OH is 5. The van der Waals surface area contributed by atoms with Gasteiger partial charge in [-0.25, -0.2) is 4.57 Å². The fourth-order valence-electron chi connectivity index (χ4n) is 8.29. The molecule has 1 fully saturated rings. The topological polar surface area (TPSA) is 210 Å². The van der Waals surface area contributed by atoms with E-state index in [9.17, 15) is 44.6 Å². The molecule has 0 aliphatic heterocycles. The Balaban J connectivity index is 2.38. The van der Waals surface area contributed by atoms with E-state index in [1.807, 2.05) is 0 Å². The SMILES string of the molecule is CCCCCCCCCCCCCCCCCCCC(=O)OC[C@@H](COP(=O)(O)OC1C(O)C(O)C(O)[C@H](O)C1O)OC(=O)CCCCCCCCCCCCCCCCCCC. The third-order valence-electron chi connectivity index (χ3n) is 12.4. The van der Waals surface area contributed by atoms with Gasteiger partial charge in [-0.05, 0) is 12.8 Å². The number of hydrogen-bond acceptors (Lipinski definition) is 12. The van der Waals surface area contributed by atoms with E-state index in [2.05, 4.69) is 13.8 Å². The van der Waals surface area contributed by atoms with E-state index in [0.29, 0.717) is 12.8 Å². The Morgan fingerprint density at radius 2 is 0.714 bits per heavy atom. The standard InChI is InChI=1S/C49H95O13P/c1-3-5-7-9-11-13-15-17-19-21-23-25-27-29-31-33-35-37-42(50)59-39-41(40-60-63(57,58)62-49-47(55)45(53)44(52)46(54)48(49)56)61-43(51)38-36-34-32-30-28-26-24-22-20-18-16-14-12-10-8-6-4-2/h41,44-49,52-56H,3-40H2,1-2H3,(H,57,58)/t41-,44?,45-,46?,47?,48?,49?/m0/s1. The summed E-state index contributed by atoms with van der Waals surface area (Å²) in [7, 11) is -5.11. The van der Waals surface area contributed by atoms with Gasteiger partial charge in [0.1, 0.15) is 43.2 Å². The van der Waals surface area contributed by atoms with Crippen LogP contribution in [0.4, 0.5) is 0 Å². The smallest absolute Gasteiger partial charge is 0.462 e. The molecule has 0 radical (unpaired) electrons. The first-order chi connectivity index (χ1) is 30.4. The van der Waals surface area contributed by atoms with Crippen molar-refractivity contribution >= 4 is 19.8 Å². The zero-order chi connectivity index (χ0) is 46.4. The summed E-state index contributed by atoms with van der Waals surface area (Å²) in [6.07, 6.45) is 28.6. The van der Waals surface area contributed by atoms with Gasteiger partial charge in [0, 0.05) is 12.8 Å². The molecule has 1 saturated carbocycles. The largest absolute Gasteiger partial charge is 0.472 e. The third kappa shape index (κ3) is 32.2. The van der Waals surface area contributed by atoms with E-state index >= 15 is 0 Å². The summed E-state index contributed by atoms with van der Waals surface area (Å²) in [5, 5.41) is 50.2. The van der Waals surface area contributed by atoms with Crippen LogP contribution >= 0.6 is 7.82 Å². The van der Waals surface area contributed by atoms with Gasteiger partial charge in [0.05, 0.1) is 6.61 Å². The lowest BCUT2D eigenvalue weighted by Gasteiger charge is -2.41. The maximum absolute atomic E-state index is 12.8. The van der Waals surface area contributed by atoms with Crippen molar-refractivity contribution in [2.24, 2.45) is 0 Å². The predicted molar refractivity (Wildman–Crippen MR) is 249 cm³/mol. The zero-order valence-corrected chi connectivity index (χ0v) is 40.8. The summed E-state index contributed by atoms with van der Waals surface area (Å²) in [6.45, 7) is 3.35. The quantitative estimate of drug-likeness (QED) is 0.0191. The highest BCUT2D eigenvalue weighted by molar-refractivity contribution is 7.47. The lowest BCUT2D eigenvalue weighted by atomic mass is 9.85. The van der Waals surface area contributed by atoms with Crippen LogP contribution in [-0.2, 0) is 32.7 Å². The molecule has 14 heteroatoms. The van der Waals surface area contributed by atoms with Gasteiger partial charge in [0.15, 0.2) is 6.10 Å². The highest BCUT2D eigenvalue weighted by Crippen LogP contribution is 2.47. The first kappa shape index (κ1) is 59.9. The molecule has 63 heavy (non-hydrogen) atoms. The lowest BCUT2D eigenvalue weighted by Crippen LogP contribution is -2.64. The molecule has 1 aliphatic rings. The molecule has 0 saturated heterocycles. The molecule has 0 bridgehead atoms. The molecule has 0 amide bonds. The van der Waals surface area contributed by atoms with Crippen molar-refractivity contribution in [3.63, 3.8) is 0 Å². The van der Waals surface area contributed by atoms with Crippen LogP contribution in [0.1, 0.15) is 245 Å². The average molecular weight is 923 g/mol. The van der Waals surface area contributed by atoms with Crippen molar-refractivity contribution in [1.82, 2.24) is 0 Å². The van der Waals surface area contributed by atoms with E-state index in [4.69, 9.17) is 18.5 Å². The summed E-state index contributed by atoms with van der Waals surface area (Å²) >= 11 is 0. The second kappa shape index (κ2) is 40.0. The molecule has 6 unspecified atom stereocenters. The highest BCUT2D eigenvalue weighted by Gasteiger charge is 2.51. The first-order valence-corrected chi connectivity index (χ1v) is 27.3. The van der Waals surface area contributed by atoms with E-state index in [1.54, 1.807) is 0 Å². The summed E-state index contributed by atoms with van der Waals surface area (Å²) in [6, 6.07) is 0. The number of aliphatic hydroxyl groups is 5. The van der Waals surface area contributed by atoms with Crippen LogP contribution < -0.4 is 0 Å².